The molecule has 3 fully saturated rings. The maximum atomic E-state index is 11.2. The van der Waals surface area contributed by atoms with Crippen molar-refractivity contribution in [2.24, 2.45) is 5.92 Å². The van der Waals surface area contributed by atoms with Gasteiger partial charge in [-0.05, 0) is 38.5 Å². The molecule has 0 radical (unpaired) electrons. The van der Waals surface area contributed by atoms with E-state index >= 15 is 0 Å². The van der Waals surface area contributed by atoms with E-state index in [1.165, 1.54) is 31.4 Å². The Bertz CT molecular complexity index is 536. The predicted molar refractivity (Wildman–Crippen MR) is 78.6 cm³/mol. The monoisotopic (exact) mass is 287 g/mol. The van der Waals surface area contributed by atoms with Gasteiger partial charge in [0.2, 0.25) is 0 Å². The Kier molecular flexibility index (Phi) is 3.08. The lowest BCUT2D eigenvalue weighted by Crippen LogP contribution is -2.39. The highest BCUT2D eigenvalue weighted by Gasteiger charge is 2.33. The molecular formula is C16H21N3O2. The number of hydrogen-bond acceptors (Lipinski definition) is 4. The molecule has 4 rings (SSSR count). The number of nitrogens with zero attached hydrogens (tertiary/aromatic N) is 3. The van der Waals surface area contributed by atoms with E-state index in [9.17, 15) is 9.90 Å². The Morgan fingerprint density at radius 1 is 1.14 bits per heavy atom. The second kappa shape index (κ2) is 4.97. The summed E-state index contributed by atoms with van der Waals surface area (Å²) in [7, 11) is 0. The topological polar surface area (TPSA) is 66.3 Å². The predicted octanol–water partition coefficient (Wildman–Crippen LogP) is 2.53. The van der Waals surface area contributed by atoms with E-state index in [0.29, 0.717) is 18.4 Å². The average Bonchev–Trinajstić information content (AvgIpc) is 3.40. The maximum absolute atomic E-state index is 11.2. The van der Waals surface area contributed by atoms with E-state index in [2.05, 4.69) is 11.0 Å². The van der Waals surface area contributed by atoms with Crippen LogP contribution in [0, 0.1) is 5.92 Å². The molecule has 0 aromatic carbocycles. The summed E-state index contributed by atoms with van der Waals surface area (Å²) in [5.74, 6) is 2.17. The van der Waals surface area contributed by atoms with Gasteiger partial charge in [0.05, 0.1) is 5.92 Å². The van der Waals surface area contributed by atoms with Crippen molar-refractivity contribution in [2.45, 2.75) is 50.4 Å². The molecule has 5 heteroatoms. The number of hydrogen-bond donors (Lipinski definition) is 1. The smallest absolute Gasteiger partial charge is 0.308 e. The highest BCUT2D eigenvalue weighted by atomic mass is 16.4. The Balaban J connectivity index is 1.62. The molecule has 0 amide bonds. The van der Waals surface area contributed by atoms with Crippen LogP contribution in [0.1, 0.15) is 61.9 Å². The number of carbonyl (C=O) groups is 1. The molecule has 1 aromatic heterocycles. The van der Waals surface area contributed by atoms with Crippen molar-refractivity contribution in [3.63, 3.8) is 0 Å². The van der Waals surface area contributed by atoms with Gasteiger partial charge in [0.25, 0.3) is 0 Å². The van der Waals surface area contributed by atoms with Gasteiger partial charge in [-0.15, -0.1) is 0 Å². The Morgan fingerprint density at radius 2 is 1.90 bits per heavy atom. The van der Waals surface area contributed by atoms with E-state index in [1.54, 1.807) is 0 Å². The Hall–Kier alpha value is -1.65. The summed E-state index contributed by atoms with van der Waals surface area (Å²) in [5, 5.41) is 9.25. The standard InChI is InChI=1S/C16H21N3O2/c20-16(21)12-2-1-7-19(9-12)14-8-13(10-3-4-10)17-15(18-14)11-5-6-11/h8,10-12H,1-7,9H2,(H,20,21). The molecule has 1 aliphatic heterocycles. The average molecular weight is 287 g/mol. The SMILES string of the molecule is O=C(O)C1CCCN(c2cc(C3CC3)nc(C3CC3)n2)C1. The minimum Gasteiger partial charge on any atom is -0.481 e. The van der Waals surface area contributed by atoms with Gasteiger partial charge in [0.15, 0.2) is 0 Å². The number of aromatic nitrogens is 2. The Morgan fingerprint density at radius 3 is 2.57 bits per heavy atom. The minimum atomic E-state index is -0.682. The number of anilines is 1. The summed E-state index contributed by atoms with van der Waals surface area (Å²) in [5.41, 5.74) is 1.18. The molecule has 1 N–H and O–H groups in total. The van der Waals surface area contributed by atoms with Gasteiger partial charge >= 0.3 is 5.97 Å². The molecule has 2 saturated carbocycles. The second-order valence-corrected chi connectivity index (χ2v) is 6.68. The summed E-state index contributed by atoms with van der Waals surface area (Å²) in [4.78, 5) is 22.9. The number of rotatable bonds is 4. The summed E-state index contributed by atoms with van der Waals surface area (Å²) in [6.45, 7) is 1.50. The van der Waals surface area contributed by atoms with Crippen LogP contribution in [0.25, 0.3) is 0 Å². The summed E-state index contributed by atoms with van der Waals surface area (Å²) >= 11 is 0. The molecule has 3 aliphatic rings. The van der Waals surface area contributed by atoms with Crippen LogP contribution >= 0.6 is 0 Å². The molecule has 5 nitrogen and oxygen atoms in total. The lowest BCUT2D eigenvalue weighted by atomic mass is 9.98. The fourth-order valence-corrected chi connectivity index (χ4v) is 3.13. The van der Waals surface area contributed by atoms with E-state index < -0.39 is 5.97 Å². The first-order chi connectivity index (χ1) is 10.2. The summed E-state index contributed by atoms with van der Waals surface area (Å²) in [6, 6.07) is 2.10. The number of aliphatic carboxylic acids is 1. The van der Waals surface area contributed by atoms with Gasteiger partial charge in [-0.1, -0.05) is 0 Å². The molecule has 1 aromatic rings. The quantitative estimate of drug-likeness (QED) is 0.921. The largest absolute Gasteiger partial charge is 0.481 e. The van der Waals surface area contributed by atoms with Crippen LogP contribution in [-0.2, 0) is 4.79 Å². The second-order valence-electron chi connectivity index (χ2n) is 6.68. The first-order valence-electron chi connectivity index (χ1n) is 8.07. The fraction of sp³-hybridized carbons (Fsp3) is 0.688. The highest BCUT2D eigenvalue weighted by molar-refractivity contribution is 5.71. The van der Waals surface area contributed by atoms with Crippen LogP contribution in [0.15, 0.2) is 6.07 Å². The van der Waals surface area contributed by atoms with Crippen molar-refractivity contribution >= 4 is 11.8 Å². The highest BCUT2D eigenvalue weighted by Crippen LogP contribution is 2.43. The lowest BCUT2D eigenvalue weighted by molar-refractivity contribution is -0.141. The van der Waals surface area contributed by atoms with Crippen molar-refractivity contribution in [1.29, 1.82) is 0 Å². The third kappa shape index (κ3) is 2.74. The van der Waals surface area contributed by atoms with E-state index in [0.717, 1.165) is 31.0 Å². The summed E-state index contributed by atoms with van der Waals surface area (Å²) < 4.78 is 0. The number of carboxylic acids is 1. The van der Waals surface area contributed by atoms with Gasteiger partial charge in [-0.3, -0.25) is 4.79 Å². The van der Waals surface area contributed by atoms with Gasteiger partial charge in [-0.25, -0.2) is 9.97 Å². The normalized spacial score (nSPS) is 25.9. The maximum Gasteiger partial charge on any atom is 0.308 e. The van der Waals surface area contributed by atoms with Crippen molar-refractivity contribution in [2.75, 3.05) is 18.0 Å². The van der Waals surface area contributed by atoms with Crippen molar-refractivity contribution in [3.05, 3.63) is 17.6 Å². The van der Waals surface area contributed by atoms with E-state index in [4.69, 9.17) is 9.97 Å². The van der Waals surface area contributed by atoms with E-state index in [1.807, 2.05) is 0 Å². The molecular weight excluding hydrogens is 266 g/mol. The fourth-order valence-electron chi connectivity index (χ4n) is 3.13. The minimum absolute atomic E-state index is 0.262. The zero-order chi connectivity index (χ0) is 14.4. The molecule has 2 aliphatic carbocycles. The van der Waals surface area contributed by atoms with Crippen molar-refractivity contribution in [3.8, 4) is 0 Å². The molecule has 0 bridgehead atoms. The van der Waals surface area contributed by atoms with Crippen LogP contribution in [-0.4, -0.2) is 34.1 Å². The molecule has 0 spiro atoms. The van der Waals surface area contributed by atoms with Crippen molar-refractivity contribution < 1.29 is 9.90 Å². The molecule has 1 atom stereocenters. The molecule has 21 heavy (non-hydrogen) atoms. The zero-order valence-corrected chi connectivity index (χ0v) is 12.2. The van der Waals surface area contributed by atoms with Crippen LogP contribution in [0.5, 0.6) is 0 Å². The Labute approximate surface area is 124 Å². The van der Waals surface area contributed by atoms with Crippen LogP contribution in [0.3, 0.4) is 0 Å². The van der Waals surface area contributed by atoms with Gasteiger partial charge in [0.1, 0.15) is 11.6 Å². The van der Waals surface area contributed by atoms with Crippen molar-refractivity contribution in [1.82, 2.24) is 9.97 Å². The van der Waals surface area contributed by atoms with Gasteiger partial charge in [-0.2, -0.15) is 0 Å². The first kappa shape index (κ1) is 13.0. The first-order valence-corrected chi connectivity index (χ1v) is 8.07. The zero-order valence-electron chi connectivity index (χ0n) is 12.2. The van der Waals surface area contributed by atoms with Gasteiger partial charge < -0.3 is 10.0 Å². The van der Waals surface area contributed by atoms with E-state index in [-0.39, 0.29) is 5.92 Å². The number of piperidine rings is 1. The molecule has 2 heterocycles. The lowest BCUT2D eigenvalue weighted by Gasteiger charge is -2.32. The molecule has 112 valence electrons. The molecule has 1 unspecified atom stereocenters. The van der Waals surface area contributed by atoms with Crippen LogP contribution < -0.4 is 4.90 Å². The number of carboxylic acid groups (broad SMARTS) is 1. The van der Waals surface area contributed by atoms with Crippen LogP contribution in [0.2, 0.25) is 0 Å². The third-order valence-electron chi connectivity index (χ3n) is 4.78. The van der Waals surface area contributed by atoms with Gasteiger partial charge in [0, 0.05) is 36.7 Å². The molecule has 1 saturated heterocycles. The summed E-state index contributed by atoms with van der Waals surface area (Å²) in [6.07, 6.45) is 6.58. The van der Waals surface area contributed by atoms with Crippen LogP contribution in [0.4, 0.5) is 5.82 Å². The third-order valence-corrected chi connectivity index (χ3v) is 4.78.